The van der Waals surface area contributed by atoms with E-state index >= 15 is 0 Å². The first-order valence-corrected chi connectivity index (χ1v) is 11.7. The van der Waals surface area contributed by atoms with Gasteiger partial charge in [-0.3, -0.25) is 0 Å². The first-order chi connectivity index (χ1) is 13.5. The van der Waals surface area contributed by atoms with Crippen molar-refractivity contribution < 1.29 is 85.1 Å². The zero-order valence-corrected chi connectivity index (χ0v) is 23.3. The maximum atomic E-state index is 11.7. The first kappa shape index (κ1) is 28.7. The molecule has 0 aromatic heterocycles. The monoisotopic (exact) mass is 498 g/mol. The summed E-state index contributed by atoms with van der Waals surface area (Å²) in [5.41, 5.74) is 0.441. The Morgan fingerprint density at radius 3 is 2.00 bits per heavy atom. The molecule has 0 spiro atoms. The number of rotatable bonds is 6. The van der Waals surface area contributed by atoms with Crippen LogP contribution in [0.4, 0.5) is 5.69 Å². The summed E-state index contributed by atoms with van der Waals surface area (Å²) in [6, 6.07) is 9.84. The number of thiocarbonyl (C=S) groups is 1. The van der Waals surface area contributed by atoms with E-state index < -0.39 is 30.0 Å². The fourth-order valence-electron chi connectivity index (χ4n) is 2.57. The molecule has 0 unspecified atom stereocenters. The second-order valence-corrected chi connectivity index (χ2v) is 9.51. The van der Waals surface area contributed by atoms with Crippen molar-refractivity contribution in [2.75, 3.05) is 5.32 Å². The van der Waals surface area contributed by atoms with Gasteiger partial charge in [0.15, 0.2) is 5.11 Å². The fraction of sp³-hybridized carbons (Fsp3) is 0.167. The second-order valence-electron chi connectivity index (χ2n) is 6.40. The van der Waals surface area contributed by atoms with Gasteiger partial charge < -0.3 is 19.7 Å². The predicted octanol–water partition coefficient (Wildman–Crippen LogP) is -3.88. The molecule has 1 fully saturated rings. The third kappa shape index (κ3) is 8.52. The fourth-order valence-corrected chi connectivity index (χ4v) is 4.22. The van der Waals surface area contributed by atoms with E-state index in [1.54, 1.807) is 0 Å². The molecule has 13 heteroatoms. The van der Waals surface area contributed by atoms with Crippen molar-refractivity contribution in [2.24, 2.45) is 0 Å². The summed E-state index contributed by atoms with van der Waals surface area (Å²) in [5, 5.41) is 6.18. The minimum atomic E-state index is -4.83. The Labute approximate surface area is 231 Å². The SMILES string of the molecule is O=S(=O)([O-])c1ccccc1C=Cc1ccc(NC(=S)NC2CC2)cc1S(=O)(=O)[O-].[Na+].[Na+]. The summed E-state index contributed by atoms with van der Waals surface area (Å²) in [6.45, 7) is 0. The van der Waals surface area contributed by atoms with Crippen LogP contribution in [0.2, 0.25) is 0 Å². The molecule has 0 amide bonds. The largest absolute Gasteiger partial charge is 1.00 e. The van der Waals surface area contributed by atoms with E-state index in [9.17, 15) is 25.9 Å². The molecule has 2 aromatic carbocycles. The average Bonchev–Trinajstić information content (AvgIpc) is 3.43. The van der Waals surface area contributed by atoms with Crippen molar-refractivity contribution in [2.45, 2.75) is 28.7 Å². The zero-order chi connectivity index (χ0) is 21.2. The molecule has 1 saturated carbocycles. The summed E-state index contributed by atoms with van der Waals surface area (Å²) >= 11 is 5.14. The van der Waals surface area contributed by atoms with Crippen molar-refractivity contribution in [3.05, 3.63) is 53.6 Å². The molecule has 8 nitrogen and oxygen atoms in total. The van der Waals surface area contributed by atoms with Gasteiger partial charge in [-0.25, -0.2) is 16.8 Å². The molecule has 1 aliphatic rings. The molecule has 2 aromatic rings. The van der Waals surface area contributed by atoms with Crippen molar-refractivity contribution in [1.82, 2.24) is 5.32 Å². The summed E-state index contributed by atoms with van der Waals surface area (Å²) in [7, 11) is -9.54. The van der Waals surface area contributed by atoms with Crippen LogP contribution in [0.3, 0.4) is 0 Å². The van der Waals surface area contributed by atoms with Crippen molar-refractivity contribution in [3.63, 3.8) is 0 Å². The van der Waals surface area contributed by atoms with Gasteiger partial charge in [-0.2, -0.15) is 0 Å². The van der Waals surface area contributed by atoms with Gasteiger partial charge in [0, 0.05) is 11.7 Å². The zero-order valence-electron chi connectivity index (χ0n) is 16.9. The summed E-state index contributed by atoms with van der Waals surface area (Å²) in [4.78, 5) is -0.951. The van der Waals surface area contributed by atoms with E-state index in [-0.39, 0.29) is 70.2 Å². The molecular weight excluding hydrogens is 482 g/mol. The summed E-state index contributed by atoms with van der Waals surface area (Å²) < 4.78 is 69.2. The van der Waals surface area contributed by atoms with Crippen molar-refractivity contribution in [1.29, 1.82) is 0 Å². The Hall–Kier alpha value is -0.310. The quantitative estimate of drug-likeness (QED) is 0.177. The Bertz CT molecular complexity index is 1200. The third-order valence-corrected chi connectivity index (χ3v) is 6.11. The van der Waals surface area contributed by atoms with Crippen LogP contribution in [0.1, 0.15) is 24.0 Å². The molecule has 0 atom stereocenters. The van der Waals surface area contributed by atoms with Gasteiger partial charge in [-0.05, 0) is 54.4 Å². The van der Waals surface area contributed by atoms with Crippen molar-refractivity contribution >= 4 is 55.4 Å². The van der Waals surface area contributed by atoms with Crippen LogP contribution in [-0.2, 0) is 20.2 Å². The Morgan fingerprint density at radius 2 is 1.45 bits per heavy atom. The minimum Gasteiger partial charge on any atom is -0.744 e. The van der Waals surface area contributed by atoms with Gasteiger partial charge in [-0.1, -0.05) is 36.4 Å². The van der Waals surface area contributed by atoms with E-state index in [1.165, 1.54) is 42.5 Å². The smallest absolute Gasteiger partial charge is 0.744 e. The van der Waals surface area contributed by atoms with Crippen LogP contribution in [-0.4, -0.2) is 37.1 Å². The molecule has 0 heterocycles. The number of nitrogens with one attached hydrogen (secondary N) is 2. The van der Waals surface area contributed by atoms with Crippen molar-refractivity contribution in [3.8, 4) is 0 Å². The van der Waals surface area contributed by atoms with Gasteiger partial charge in [0.2, 0.25) is 0 Å². The van der Waals surface area contributed by atoms with E-state index in [1.807, 2.05) is 0 Å². The number of hydrogen-bond donors (Lipinski definition) is 2. The number of anilines is 1. The van der Waals surface area contributed by atoms with Crippen LogP contribution in [0.25, 0.3) is 12.2 Å². The summed E-state index contributed by atoms with van der Waals surface area (Å²) in [6.07, 6.45) is 4.54. The third-order valence-electron chi connectivity index (χ3n) is 4.08. The van der Waals surface area contributed by atoms with Gasteiger partial charge in [0.1, 0.15) is 20.2 Å². The predicted molar refractivity (Wildman–Crippen MR) is 110 cm³/mol. The van der Waals surface area contributed by atoms with Crippen LogP contribution in [0.5, 0.6) is 0 Å². The summed E-state index contributed by atoms with van der Waals surface area (Å²) in [5.74, 6) is 0. The Kier molecular flexibility index (Phi) is 10.8. The van der Waals surface area contributed by atoms with E-state index in [2.05, 4.69) is 10.6 Å². The first-order valence-electron chi connectivity index (χ1n) is 8.44. The van der Waals surface area contributed by atoms with Crippen LogP contribution < -0.4 is 69.7 Å². The molecule has 154 valence electrons. The molecule has 3 rings (SSSR count). The molecule has 0 aliphatic heterocycles. The second kappa shape index (κ2) is 11.7. The Balaban J connectivity index is 0.00000240. The average molecular weight is 499 g/mol. The maximum Gasteiger partial charge on any atom is 1.00 e. The number of benzene rings is 2. The van der Waals surface area contributed by atoms with Gasteiger partial charge in [0.05, 0.1) is 9.79 Å². The van der Waals surface area contributed by atoms with Gasteiger partial charge in [-0.15, -0.1) is 0 Å². The van der Waals surface area contributed by atoms with E-state index in [0.29, 0.717) is 16.8 Å². The van der Waals surface area contributed by atoms with E-state index in [0.717, 1.165) is 25.0 Å². The topological polar surface area (TPSA) is 138 Å². The van der Waals surface area contributed by atoms with Crippen LogP contribution in [0, 0.1) is 0 Å². The van der Waals surface area contributed by atoms with Gasteiger partial charge >= 0.3 is 59.1 Å². The normalized spacial score (nSPS) is 13.7. The van der Waals surface area contributed by atoms with Gasteiger partial charge in [0.25, 0.3) is 0 Å². The molecule has 2 N–H and O–H groups in total. The van der Waals surface area contributed by atoms with Crippen LogP contribution >= 0.6 is 12.2 Å². The molecular formula is C18H16N2Na2O6S3. The minimum absolute atomic E-state index is 0. The molecule has 0 radical (unpaired) electrons. The van der Waals surface area contributed by atoms with E-state index in [4.69, 9.17) is 12.2 Å². The molecule has 31 heavy (non-hydrogen) atoms. The van der Waals surface area contributed by atoms with Crippen LogP contribution in [0.15, 0.2) is 52.3 Å². The molecule has 1 aliphatic carbocycles. The molecule has 0 saturated heterocycles. The molecule has 0 bridgehead atoms. The Morgan fingerprint density at radius 1 is 0.903 bits per heavy atom. The maximum absolute atomic E-state index is 11.7. The number of hydrogen-bond acceptors (Lipinski definition) is 7. The standard InChI is InChI=1S/C18H18N2O6S3.2Na/c21-28(22,23)16-4-2-1-3-12(16)5-6-13-7-8-15(11-17(13)29(24,25)26)20-18(27)19-14-9-10-14;;/h1-8,11,14H,9-10H2,(H2,19,20,27)(H,21,22,23)(H,24,25,26);;/q;2*+1/p-2.